The van der Waals surface area contributed by atoms with Crippen LogP contribution in [0.25, 0.3) is 0 Å². The summed E-state index contributed by atoms with van der Waals surface area (Å²) in [4.78, 5) is 14.8. The van der Waals surface area contributed by atoms with E-state index in [2.05, 4.69) is 25.7 Å². The molecule has 0 aliphatic carbocycles. The van der Waals surface area contributed by atoms with Crippen LogP contribution in [-0.4, -0.2) is 23.2 Å². The van der Waals surface area contributed by atoms with Crippen LogP contribution in [0.2, 0.25) is 0 Å². The van der Waals surface area contributed by atoms with Gasteiger partial charge in [-0.1, -0.05) is 0 Å². The first-order valence-corrected chi connectivity index (χ1v) is 4.30. The molecule has 0 aromatic carbocycles. The lowest BCUT2D eigenvalue weighted by atomic mass is 10.2. The van der Waals surface area contributed by atoms with E-state index < -0.39 is 5.97 Å². The quantitative estimate of drug-likeness (QED) is 0.765. The van der Waals surface area contributed by atoms with Gasteiger partial charge in [-0.05, 0) is 28.9 Å². The standard InChI is InChI=1S/C8H8BrNO3/c1-4-6(9)3-5(7(11)10-4)8(12)13-2/h3H,1-2H3,(H,10,11). The lowest BCUT2D eigenvalue weighted by Crippen LogP contribution is -2.03. The summed E-state index contributed by atoms with van der Waals surface area (Å²) in [6, 6.07) is 1.48. The molecule has 0 saturated carbocycles. The number of hydrogen-bond donors (Lipinski definition) is 1. The van der Waals surface area contributed by atoms with Crippen LogP contribution < -0.4 is 0 Å². The number of aryl methyl sites for hydroxylation is 1. The molecule has 0 bridgehead atoms. The maximum atomic E-state index is 11.1. The monoisotopic (exact) mass is 245 g/mol. The highest BCUT2D eigenvalue weighted by Crippen LogP contribution is 2.22. The molecule has 5 heteroatoms. The molecule has 4 nitrogen and oxygen atoms in total. The number of nitrogens with zero attached hydrogens (tertiary/aromatic N) is 1. The Labute approximate surface area is 83.7 Å². The summed E-state index contributed by atoms with van der Waals surface area (Å²) >= 11 is 3.20. The molecule has 1 aromatic rings. The van der Waals surface area contributed by atoms with Gasteiger partial charge in [0, 0.05) is 4.47 Å². The average Bonchev–Trinajstić information content (AvgIpc) is 2.10. The van der Waals surface area contributed by atoms with E-state index in [9.17, 15) is 9.90 Å². The van der Waals surface area contributed by atoms with Crippen LogP contribution in [0.3, 0.4) is 0 Å². The topological polar surface area (TPSA) is 59.4 Å². The third-order valence-corrected chi connectivity index (χ3v) is 2.34. The fourth-order valence-corrected chi connectivity index (χ4v) is 1.15. The van der Waals surface area contributed by atoms with Crippen LogP contribution in [0.4, 0.5) is 0 Å². The summed E-state index contributed by atoms with van der Waals surface area (Å²) in [7, 11) is 1.25. The highest BCUT2D eigenvalue weighted by atomic mass is 79.9. The minimum absolute atomic E-state index is 0.0555. The van der Waals surface area contributed by atoms with Crippen molar-refractivity contribution in [3.8, 4) is 5.88 Å². The molecule has 0 unspecified atom stereocenters. The van der Waals surface area contributed by atoms with Gasteiger partial charge in [-0.25, -0.2) is 9.78 Å². The van der Waals surface area contributed by atoms with Gasteiger partial charge in [-0.15, -0.1) is 0 Å². The fourth-order valence-electron chi connectivity index (χ4n) is 0.828. The lowest BCUT2D eigenvalue weighted by Gasteiger charge is -2.03. The molecule has 1 N–H and O–H groups in total. The number of pyridine rings is 1. The summed E-state index contributed by atoms with van der Waals surface area (Å²) in [6.45, 7) is 1.71. The van der Waals surface area contributed by atoms with E-state index in [4.69, 9.17) is 0 Å². The van der Waals surface area contributed by atoms with Crippen molar-refractivity contribution in [1.29, 1.82) is 0 Å². The van der Waals surface area contributed by atoms with E-state index in [1.54, 1.807) is 6.92 Å². The summed E-state index contributed by atoms with van der Waals surface area (Å²) in [5, 5.41) is 9.28. The van der Waals surface area contributed by atoms with E-state index in [0.717, 1.165) is 0 Å². The molecular formula is C8H8BrNO3. The number of esters is 1. The number of ether oxygens (including phenoxy) is 1. The largest absolute Gasteiger partial charge is 0.493 e. The molecule has 13 heavy (non-hydrogen) atoms. The smallest absolute Gasteiger partial charge is 0.343 e. The van der Waals surface area contributed by atoms with Crippen LogP contribution in [0.15, 0.2) is 10.5 Å². The first-order chi connectivity index (χ1) is 6.06. The molecule has 0 radical (unpaired) electrons. The van der Waals surface area contributed by atoms with Gasteiger partial charge in [0.25, 0.3) is 0 Å². The zero-order chi connectivity index (χ0) is 10.0. The molecule has 0 aliphatic rings. The zero-order valence-corrected chi connectivity index (χ0v) is 8.75. The maximum Gasteiger partial charge on any atom is 0.343 e. The summed E-state index contributed by atoms with van der Waals surface area (Å²) in [5.74, 6) is -0.918. The van der Waals surface area contributed by atoms with Crippen molar-refractivity contribution >= 4 is 21.9 Å². The van der Waals surface area contributed by atoms with E-state index in [0.29, 0.717) is 10.2 Å². The number of halogens is 1. The Morgan fingerprint density at radius 2 is 2.31 bits per heavy atom. The number of rotatable bonds is 1. The third-order valence-electron chi connectivity index (χ3n) is 1.54. The Bertz CT molecular complexity index is 351. The van der Waals surface area contributed by atoms with Crippen LogP contribution >= 0.6 is 15.9 Å². The number of carbonyl (C=O) groups excluding carboxylic acids is 1. The van der Waals surface area contributed by atoms with Crippen molar-refractivity contribution in [3.63, 3.8) is 0 Å². The minimum Gasteiger partial charge on any atom is -0.493 e. The molecule has 0 fully saturated rings. The Balaban J connectivity index is 3.23. The number of aromatic nitrogens is 1. The molecule has 1 rings (SSSR count). The van der Waals surface area contributed by atoms with Crippen molar-refractivity contribution in [2.45, 2.75) is 6.92 Å². The Kier molecular flexibility index (Phi) is 2.87. The molecular weight excluding hydrogens is 238 g/mol. The van der Waals surface area contributed by atoms with Gasteiger partial charge in [0.2, 0.25) is 5.88 Å². The molecule has 0 atom stereocenters. The van der Waals surface area contributed by atoms with E-state index in [1.807, 2.05) is 0 Å². The molecule has 70 valence electrons. The lowest BCUT2D eigenvalue weighted by molar-refractivity contribution is 0.0596. The second-order valence-corrected chi connectivity index (χ2v) is 3.27. The Morgan fingerprint density at radius 1 is 1.69 bits per heavy atom. The van der Waals surface area contributed by atoms with Gasteiger partial charge in [-0.2, -0.15) is 0 Å². The number of methoxy groups -OCH3 is 1. The van der Waals surface area contributed by atoms with E-state index >= 15 is 0 Å². The predicted octanol–water partition coefficient (Wildman–Crippen LogP) is 1.64. The van der Waals surface area contributed by atoms with E-state index in [1.165, 1.54) is 13.2 Å². The number of hydrogen-bond acceptors (Lipinski definition) is 4. The van der Waals surface area contributed by atoms with E-state index in [-0.39, 0.29) is 11.4 Å². The van der Waals surface area contributed by atoms with Crippen molar-refractivity contribution < 1.29 is 14.6 Å². The van der Waals surface area contributed by atoms with Gasteiger partial charge in [0.1, 0.15) is 5.56 Å². The molecule has 0 saturated heterocycles. The second-order valence-electron chi connectivity index (χ2n) is 2.42. The average molecular weight is 246 g/mol. The summed E-state index contributed by atoms with van der Waals surface area (Å²) in [5.41, 5.74) is 0.671. The fraction of sp³-hybridized carbons (Fsp3) is 0.250. The van der Waals surface area contributed by atoms with Gasteiger partial charge in [0.05, 0.1) is 12.8 Å². The normalized spacial score (nSPS) is 9.77. The van der Waals surface area contributed by atoms with Gasteiger partial charge in [0.15, 0.2) is 0 Å². The van der Waals surface area contributed by atoms with Crippen LogP contribution in [-0.2, 0) is 4.74 Å². The van der Waals surface area contributed by atoms with Crippen LogP contribution in [0.5, 0.6) is 5.88 Å². The van der Waals surface area contributed by atoms with Gasteiger partial charge in [-0.3, -0.25) is 0 Å². The highest BCUT2D eigenvalue weighted by molar-refractivity contribution is 9.10. The predicted molar refractivity (Wildman–Crippen MR) is 49.7 cm³/mol. The van der Waals surface area contributed by atoms with Crippen LogP contribution in [0.1, 0.15) is 16.1 Å². The number of aromatic hydroxyl groups is 1. The summed E-state index contributed by atoms with van der Waals surface area (Å²) < 4.78 is 5.11. The van der Waals surface area contributed by atoms with Gasteiger partial charge < -0.3 is 9.84 Å². The van der Waals surface area contributed by atoms with Crippen LogP contribution in [0, 0.1) is 6.92 Å². The SMILES string of the molecule is COC(=O)c1cc(Br)c(C)nc1O. The first kappa shape index (κ1) is 9.98. The molecule has 0 spiro atoms. The van der Waals surface area contributed by atoms with Gasteiger partial charge >= 0.3 is 5.97 Å². The molecule has 1 heterocycles. The minimum atomic E-state index is -0.606. The molecule has 0 amide bonds. The first-order valence-electron chi connectivity index (χ1n) is 3.50. The van der Waals surface area contributed by atoms with Crippen molar-refractivity contribution in [1.82, 2.24) is 4.98 Å². The van der Waals surface area contributed by atoms with Crippen molar-refractivity contribution in [2.24, 2.45) is 0 Å². The zero-order valence-electron chi connectivity index (χ0n) is 7.17. The molecule has 0 aliphatic heterocycles. The molecule has 1 aromatic heterocycles. The summed E-state index contributed by atoms with van der Waals surface area (Å²) in [6.07, 6.45) is 0. The third kappa shape index (κ3) is 1.98. The number of carbonyl (C=O) groups is 1. The Hall–Kier alpha value is -1.10. The van der Waals surface area contributed by atoms with Crippen molar-refractivity contribution in [2.75, 3.05) is 7.11 Å². The Morgan fingerprint density at radius 3 is 2.85 bits per heavy atom. The highest BCUT2D eigenvalue weighted by Gasteiger charge is 2.14. The second kappa shape index (κ2) is 3.74. The van der Waals surface area contributed by atoms with Crippen molar-refractivity contribution in [3.05, 3.63) is 21.8 Å². The maximum absolute atomic E-state index is 11.1.